The molecule has 0 aliphatic heterocycles. The van der Waals surface area contributed by atoms with E-state index in [1.807, 2.05) is 45.0 Å². The normalized spacial score (nSPS) is 10.4. The molecule has 1 aromatic heterocycles. The molecule has 1 N–H and O–H groups in total. The van der Waals surface area contributed by atoms with Crippen LogP contribution in [0.4, 0.5) is 5.69 Å². The Morgan fingerprint density at radius 1 is 1.17 bits per heavy atom. The summed E-state index contributed by atoms with van der Waals surface area (Å²) in [6.45, 7) is 5.99. The molecule has 0 aliphatic carbocycles. The summed E-state index contributed by atoms with van der Waals surface area (Å²) in [7, 11) is 0. The highest BCUT2D eigenvalue weighted by molar-refractivity contribution is 9.11. The number of nitrogens with one attached hydrogen (secondary N) is 1. The van der Waals surface area contributed by atoms with Gasteiger partial charge in [-0.2, -0.15) is 0 Å². The number of carbonyl (C=O) groups excluding carboxylic acids is 1. The molecular weight excluding hydrogens is 310 g/mol. The summed E-state index contributed by atoms with van der Waals surface area (Å²) < 4.78 is 1.01. The van der Waals surface area contributed by atoms with E-state index < -0.39 is 0 Å². The van der Waals surface area contributed by atoms with E-state index in [-0.39, 0.29) is 5.91 Å². The lowest BCUT2D eigenvalue weighted by Crippen LogP contribution is -2.11. The van der Waals surface area contributed by atoms with Gasteiger partial charge in [0.15, 0.2) is 0 Å². The average Bonchev–Trinajstić information content (AvgIpc) is 2.64. The topological polar surface area (TPSA) is 29.1 Å². The number of hydrogen-bond acceptors (Lipinski definition) is 2. The van der Waals surface area contributed by atoms with Crippen molar-refractivity contribution in [2.75, 3.05) is 5.32 Å². The minimum atomic E-state index is -0.0532. The SMILES string of the molecule is Cc1ccc(C)c(NC(=O)c2cc(C)c(Br)s2)c1. The van der Waals surface area contributed by atoms with E-state index in [0.717, 1.165) is 31.0 Å². The lowest BCUT2D eigenvalue weighted by Gasteiger charge is -2.08. The molecule has 0 aliphatic rings. The van der Waals surface area contributed by atoms with Crippen molar-refractivity contribution in [3.63, 3.8) is 0 Å². The maximum Gasteiger partial charge on any atom is 0.265 e. The van der Waals surface area contributed by atoms with Gasteiger partial charge in [0.05, 0.1) is 8.66 Å². The van der Waals surface area contributed by atoms with Crippen molar-refractivity contribution in [1.29, 1.82) is 0 Å². The second kappa shape index (κ2) is 5.24. The zero-order valence-electron chi connectivity index (χ0n) is 10.5. The fraction of sp³-hybridized carbons (Fsp3) is 0.214. The molecule has 0 radical (unpaired) electrons. The van der Waals surface area contributed by atoms with Gasteiger partial charge >= 0.3 is 0 Å². The number of benzene rings is 1. The van der Waals surface area contributed by atoms with Crippen LogP contribution in [0, 0.1) is 20.8 Å². The summed E-state index contributed by atoms with van der Waals surface area (Å²) in [5.74, 6) is -0.0532. The van der Waals surface area contributed by atoms with Crippen molar-refractivity contribution >= 4 is 38.9 Å². The van der Waals surface area contributed by atoms with Gasteiger partial charge in [0.25, 0.3) is 5.91 Å². The van der Waals surface area contributed by atoms with E-state index >= 15 is 0 Å². The predicted molar refractivity (Wildman–Crippen MR) is 80.6 cm³/mol. The van der Waals surface area contributed by atoms with Gasteiger partial charge in [0.1, 0.15) is 0 Å². The van der Waals surface area contributed by atoms with E-state index in [2.05, 4.69) is 21.2 Å². The molecule has 0 saturated carbocycles. The molecule has 1 heterocycles. The molecule has 4 heteroatoms. The van der Waals surface area contributed by atoms with Crippen molar-refractivity contribution in [1.82, 2.24) is 0 Å². The van der Waals surface area contributed by atoms with Gasteiger partial charge in [-0.3, -0.25) is 4.79 Å². The van der Waals surface area contributed by atoms with Gasteiger partial charge in [-0.1, -0.05) is 12.1 Å². The van der Waals surface area contributed by atoms with Crippen LogP contribution < -0.4 is 5.32 Å². The zero-order chi connectivity index (χ0) is 13.3. The molecule has 0 spiro atoms. The number of carbonyl (C=O) groups is 1. The highest BCUT2D eigenvalue weighted by atomic mass is 79.9. The van der Waals surface area contributed by atoms with E-state index in [1.165, 1.54) is 11.3 Å². The predicted octanol–water partition coefficient (Wildman–Crippen LogP) is 4.69. The van der Waals surface area contributed by atoms with Crippen LogP contribution >= 0.6 is 27.3 Å². The quantitative estimate of drug-likeness (QED) is 0.853. The smallest absolute Gasteiger partial charge is 0.265 e. The summed E-state index contributed by atoms with van der Waals surface area (Å²) in [4.78, 5) is 12.8. The minimum Gasteiger partial charge on any atom is -0.321 e. The van der Waals surface area contributed by atoms with Gasteiger partial charge < -0.3 is 5.32 Å². The number of aryl methyl sites for hydroxylation is 3. The Balaban J connectivity index is 2.23. The molecule has 18 heavy (non-hydrogen) atoms. The number of hydrogen-bond donors (Lipinski definition) is 1. The van der Waals surface area contributed by atoms with Crippen LogP contribution in [0.2, 0.25) is 0 Å². The van der Waals surface area contributed by atoms with E-state index in [0.29, 0.717) is 0 Å². The second-order valence-electron chi connectivity index (χ2n) is 4.34. The zero-order valence-corrected chi connectivity index (χ0v) is 12.9. The van der Waals surface area contributed by atoms with Crippen LogP contribution in [-0.2, 0) is 0 Å². The van der Waals surface area contributed by atoms with Crippen LogP contribution in [-0.4, -0.2) is 5.91 Å². The van der Waals surface area contributed by atoms with E-state index in [1.54, 1.807) is 0 Å². The molecule has 0 fully saturated rings. The standard InChI is InChI=1S/C14H14BrNOS/c1-8-4-5-9(2)11(6-8)16-14(17)12-7-10(3)13(15)18-12/h4-7H,1-3H3,(H,16,17). The Morgan fingerprint density at radius 3 is 2.50 bits per heavy atom. The summed E-state index contributed by atoms with van der Waals surface area (Å²) >= 11 is 4.89. The molecule has 2 aromatic rings. The fourth-order valence-corrected chi connectivity index (χ4v) is 3.06. The summed E-state index contributed by atoms with van der Waals surface area (Å²) in [6, 6.07) is 7.94. The van der Waals surface area contributed by atoms with E-state index in [4.69, 9.17) is 0 Å². The monoisotopic (exact) mass is 323 g/mol. The Bertz CT molecular complexity index is 584. The Labute approximate surface area is 119 Å². The first-order valence-electron chi connectivity index (χ1n) is 5.62. The fourth-order valence-electron chi connectivity index (χ4n) is 1.63. The van der Waals surface area contributed by atoms with Gasteiger partial charge in [0, 0.05) is 5.69 Å². The molecule has 1 aromatic carbocycles. The number of thiophene rings is 1. The van der Waals surface area contributed by atoms with Crippen molar-refractivity contribution < 1.29 is 4.79 Å². The third-order valence-electron chi connectivity index (χ3n) is 2.72. The summed E-state index contributed by atoms with van der Waals surface area (Å²) in [6.07, 6.45) is 0. The highest BCUT2D eigenvalue weighted by Crippen LogP contribution is 2.28. The van der Waals surface area contributed by atoms with Crippen molar-refractivity contribution in [3.05, 3.63) is 49.6 Å². The van der Waals surface area contributed by atoms with Crippen molar-refractivity contribution in [2.45, 2.75) is 20.8 Å². The molecular formula is C14H14BrNOS. The maximum absolute atomic E-state index is 12.1. The van der Waals surface area contributed by atoms with Crippen LogP contribution in [0.3, 0.4) is 0 Å². The maximum atomic E-state index is 12.1. The largest absolute Gasteiger partial charge is 0.321 e. The second-order valence-corrected chi connectivity index (χ2v) is 6.71. The molecule has 0 atom stereocenters. The van der Waals surface area contributed by atoms with Gasteiger partial charge in [-0.15, -0.1) is 11.3 Å². The summed E-state index contributed by atoms with van der Waals surface area (Å²) in [5, 5.41) is 2.96. The third kappa shape index (κ3) is 2.82. The van der Waals surface area contributed by atoms with Crippen LogP contribution in [0.1, 0.15) is 26.4 Å². The van der Waals surface area contributed by atoms with Gasteiger partial charge in [0.2, 0.25) is 0 Å². The summed E-state index contributed by atoms with van der Waals surface area (Å²) in [5.41, 5.74) is 4.18. The third-order valence-corrected chi connectivity index (χ3v) is 4.86. The molecule has 2 rings (SSSR count). The van der Waals surface area contributed by atoms with Crippen LogP contribution in [0.15, 0.2) is 28.1 Å². The average molecular weight is 324 g/mol. The molecule has 0 unspecified atom stereocenters. The first-order chi connectivity index (χ1) is 8.47. The van der Waals surface area contributed by atoms with Crippen LogP contribution in [0.25, 0.3) is 0 Å². The number of anilines is 1. The first kappa shape index (κ1) is 13.3. The molecule has 1 amide bonds. The number of amides is 1. The van der Waals surface area contributed by atoms with Gasteiger partial charge in [-0.05, 0) is 65.5 Å². The van der Waals surface area contributed by atoms with E-state index in [9.17, 15) is 4.79 Å². The highest BCUT2D eigenvalue weighted by Gasteiger charge is 2.12. The lowest BCUT2D eigenvalue weighted by molar-refractivity contribution is 0.103. The number of rotatable bonds is 2. The van der Waals surface area contributed by atoms with Crippen molar-refractivity contribution in [2.24, 2.45) is 0 Å². The lowest BCUT2D eigenvalue weighted by atomic mass is 10.1. The van der Waals surface area contributed by atoms with Crippen LogP contribution in [0.5, 0.6) is 0 Å². The number of halogens is 1. The first-order valence-corrected chi connectivity index (χ1v) is 7.23. The van der Waals surface area contributed by atoms with Crippen molar-refractivity contribution in [3.8, 4) is 0 Å². The van der Waals surface area contributed by atoms with Gasteiger partial charge in [-0.25, -0.2) is 0 Å². The minimum absolute atomic E-state index is 0.0532. The Hall–Kier alpha value is -1.13. The molecule has 0 bridgehead atoms. The molecule has 94 valence electrons. The Morgan fingerprint density at radius 2 is 1.89 bits per heavy atom. The Kier molecular flexibility index (Phi) is 3.88. The molecule has 0 saturated heterocycles. The molecule has 2 nitrogen and oxygen atoms in total.